The molecule has 0 saturated heterocycles. The molecule has 0 bridgehead atoms. The van der Waals surface area contributed by atoms with E-state index in [-0.39, 0.29) is 0 Å². The minimum Gasteiger partial charge on any atom is -0.0654 e. The van der Waals surface area contributed by atoms with E-state index >= 15 is 0 Å². The van der Waals surface area contributed by atoms with Gasteiger partial charge in [0.1, 0.15) is 0 Å². The molecule has 2 aromatic carbocycles. The van der Waals surface area contributed by atoms with Crippen molar-refractivity contribution in [2.24, 2.45) is 0 Å². The summed E-state index contributed by atoms with van der Waals surface area (Å²) in [4.78, 5) is 0. The third-order valence-corrected chi connectivity index (χ3v) is 5.26. The zero-order valence-corrected chi connectivity index (χ0v) is 13.2. The van der Waals surface area contributed by atoms with Crippen LogP contribution in [0, 0.1) is 13.8 Å². The molecule has 0 aromatic heterocycles. The van der Waals surface area contributed by atoms with Gasteiger partial charge in [-0.25, -0.2) is 0 Å². The van der Waals surface area contributed by atoms with Crippen LogP contribution in [0.15, 0.2) is 42.5 Å². The van der Waals surface area contributed by atoms with Crippen LogP contribution in [0.1, 0.15) is 36.5 Å². The predicted molar refractivity (Wildman–Crippen MR) is 88.6 cm³/mol. The highest BCUT2D eigenvalue weighted by molar-refractivity contribution is 7.55. The van der Waals surface area contributed by atoms with Crippen molar-refractivity contribution in [3.8, 4) is 0 Å². The second kappa shape index (κ2) is 6.87. The Hall–Kier alpha value is -1.13. The van der Waals surface area contributed by atoms with E-state index in [2.05, 4.69) is 63.2 Å². The monoisotopic (exact) mass is 270 g/mol. The summed E-state index contributed by atoms with van der Waals surface area (Å²) in [6.07, 6.45) is 3.76. The quantitative estimate of drug-likeness (QED) is 0.712. The van der Waals surface area contributed by atoms with Crippen molar-refractivity contribution in [1.29, 1.82) is 0 Å². The largest absolute Gasteiger partial charge is 0.0654 e. The van der Waals surface area contributed by atoms with Gasteiger partial charge in [0.15, 0.2) is 0 Å². The Bertz CT molecular complexity index is 543. The number of aryl methyl sites for hydroxylation is 2. The standard InChI is InChI=1S/C18H23P/c1-4-5-10-16-11-6-7-12-18(16)19-17-13-8-9-14(2)15(17)3/h6-9,11-13,19H,4-5,10H2,1-3H3. The summed E-state index contributed by atoms with van der Waals surface area (Å²) in [7, 11) is 0.782. The molecule has 0 aliphatic rings. The van der Waals surface area contributed by atoms with Gasteiger partial charge in [0, 0.05) is 0 Å². The zero-order valence-electron chi connectivity index (χ0n) is 12.2. The van der Waals surface area contributed by atoms with Crippen LogP contribution in [0.5, 0.6) is 0 Å². The summed E-state index contributed by atoms with van der Waals surface area (Å²) >= 11 is 0. The Balaban J connectivity index is 2.25. The molecular weight excluding hydrogens is 247 g/mol. The molecule has 0 aliphatic heterocycles. The smallest absolute Gasteiger partial charge is 0.0194 e. The molecule has 0 amide bonds. The van der Waals surface area contributed by atoms with Crippen molar-refractivity contribution in [3.05, 3.63) is 59.2 Å². The number of hydrogen-bond acceptors (Lipinski definition) is 0. The number of hydrogen-bond donors (Lipinski definition) is 0. The minimum absolute atomic E-state index is 0.782. The van der Waals surface area contributed by atoms with Crippen LogP contribution >= 0.6 is 8.58 Å². The van der Waals surface area contributed by atoms with Crippen molar-refractivity contribution in [1.82, 2.24) is 0 Å². The molecule has 19 heavy (non-hydrogen) atoms. The van der Waals surface area contributed by atoms with Gasteiger partial charge in [-0.05, 0) is 54.0 Å². The summed E-state index contributed by atoms with van der Waals surface area (Å²) < 4.78 is 0. The number of unbranched alkanes of at least 4 members (excludes halogenated alkanes) is 1. The van der Waals surface area contributed by atoms with E-state index in [0.717, 1.165) is 8.58 Å². The Morgan fingerprint density at radius 1 is 0.895 bits per heavy atom. The van der Waals surface area contributed by atoms with Gasteiger partial charge < -0.3 is 0 Å². The van der Waals surface area contributed by atoms with E-state index in [4.69, 9.17) is 0 Å². The van der Waals surface area contributed by atoms with Gasteiger partial charge in [-0.15, -0.1) is 0 Å². The highest BCUT2D eigenvalue weighted by Gasteiger charge is 2.05. The Labute approximate surface area is 119 Å². The van der Waals surface area contributed by atoms with Gasteiger partial charge in [0.25, 0.3) is 0 Å². The molecule has 0 spiro atoms. The molecule has 1 heteroatoms. The van der Waals surface area contributed by atoms with Gasteiger partial charge in [0.05, 0.1) is 0 Å². The van der Waals surface area contributed by atoms with Gasteiger partial charge in [0.2, 0.25) is 0 Å². The lowest BCUT2D eigenvalue weighted by Gasteiger charge is -2.12. The first kappa shape index (κ1) is 14.3. The van der Waals surface area contributed by atoms with Crippen LogP contribution in [0.3, 0.4) is 0 Å². The highest BCUT2D eigenvalue weighted by atomic mass is 31.1. The average molecular weight is 270 g/mol. The summed E-state index contributed by atoms with van der Waals surface area (Å²) in [5.41, 5.74) is 4.38. The van der Waals surface area contributed by atoms with Gasteiger partial charge in [-0.1, -0.05) is 64.4 Å². The van der Waals surface area contributed by atoms with E-state index in [1.54, 1.807) is 0 Å². The first-order valence-corrected chi connectivity index (χ1v) is 8.13. The summed E-state index contributed by atoms with van der Waals surface area (Å²) in [5, 5.41) is 3.01. The SMILES string of the molecule is CCCCc1ccccc1Pc1cccc(C)c1C. The average Bonchev–Trinajstić information content (AvgIpc) is 2.43. The van der Waals surface area contributed by atoms with E-state index in [1.807, 2.05) is 0 Å². The second-order valence-electron chi connectivity index (χ2n) is 5.13. The van der Waals surface area contributed by atoms with Crippen molar-refractivity contribution in [2.75, 3.05) is 0 Å². The van der Waals surface area contributed by atoms with Crippen LogP contribution in [0.4, 0.5) is 0 Å². The molecule has 2 rings (SSSR count). The maximum absolute atomic E-state index is 2.30. The highest BCUT2D eigenvalue weighted by Crippen LogP contribution is 2.18. The number of rotatable bonds is 5. The third-order valence-electron chi connectivity index (χ3n) is 3.69. The van der Waals surface area contributed by atoms with Crippen LogP contribution in [0.2, 0.25) is 0 Å². The first-order chi connectivity index (χ1) is 9.22. The minimum atomic E-state index is 0.782. The summed E-state index contributed by atoms with van der Waals surface area (Å²) in [6, 6.07) is 15.6. The van der Waals surface area contributed by atoms with Crippen molar-refractivity contribution in [2.45, 2.75) is 40.0 Å². The maximum Gasteiger partial charge on any atom is -0.0194 e. The van der Waals surface area contributed by atoms with Crippen molar-refractivity contribution >= 4 is 19.2 Å². The zero-order chi connectivity index (χ0) is 13.7. The lowest BCUT2D eigenvalue weighted by molar-refractivity contribution is 0.798. The molecular formula is C18H23P. The number of benzene rings is 2. The fourth-order valence-electron chi connectivity index (χ4n) is 2.26. The molecule has 2 aromatic rings. The molecule has 0 N–H and O–H groups in total. The maximum atomic E-state index is 2.30. The third kappa shape index (κ3) is 3.67. The van der Waals surface area contributed by atoms with E-state index < -0.39 is 0 Å². The predicted octanol–water partition coefficient (Wildman–Crippen LogP) is 4.28. The molecule has 0 radical (unpaired) electrons. The summed E-state index contributed by atoms with van der Waals surface area (Å²) in [5.74, 6) is 0. The molecule has 0 aliphatic carbocycles. The lowest BCUT2D eigenvalue weighted by Crippen LogP contribution is -2.11. The molecule has 1 atom stereocenters. The Kier molecular flexibility index (Phi) is 5.16. The molecule has 1 unspecified atom stereocenters. The van der Waals surface area contributed by atoms with E-state index in [9.17, 15) is 0 Å². The van der Waals surface area contributed by atoms with Gasteiger partial charge >= 0.3 is 0 Å². The fourth-order valence-corrected chi connectivity index (χ4v) is 3.66. The van der Waals surface area contributed by atoms with Crippen LogP contribution in [-0.4, -0.2) is 0 Å². The Morgan fingerprint density at radius 2 is 1.63 bits per heavy atom. The van der Waals surface area contributed by atoms with Crippen LogP contribution in [-0.2, 0) is 6.42 Å². The second-order valence-corrected chi connectivity index (χ2v) is 6.46. The van der Waals surface area contributed by atoms with E-state index in [1.165, 1.54) is 46.6 Å². The summed E-state index contributed by atoms with van der Waals surface area (Å²) in [6.45, 7) is 6.70. The lowest BCUT2D eigenvalue weighted by atomic mass is 10.1. The normalized spacial score (nSPS) is 11.3. The molecule has 0 heterocycles. The van der Waals surface area contributed by atoms with Crippen LogP contribution < -0.4 is 10.6 Å². The van der Waals surface area contributed by atoms with E-state index in [0.29, 0.717) is 0 Å². The van der Waals surface area contributed by atoms with Crippen molar-refractivity contribution in [3.63, 3.8) is 0 Å². The van der Waals surface area contributed by atoms with Crippen LogP contribution in [0.25, 0.3) is 0 Å². The fraction of sp³-hybridized carbons (Fsp3) is 0.333. The molecule has 100 valence electrons. The van der Waals surface area contributed by atoms with Crippen molar-refractivity contribution < 1.29 is 0 Å². The van der Waals surface area contributed by atoms with Gasteiger partial charge in [-0.3, -0.25) is 0 Å². The molecule has 0 saturated carbocycles. The topological polar surface area (TPSA) is 0 Å². The first-order valence-electron chi connectivity index (χ1n) is 7.13. The van der Waals surface area contributed by atoms with Gasteiger partial charge in [-0.2, -0.15) is 0 Å². The molecule has 0 nitrogen and oxygen atoms in total. The molecule has 0 fully saturated rings. The Morgan fingerprint density at radius 3 is 2.42 bits per heavy atom.